The standard InChI is InChI=1S/C53H39BN2OS2/c1-28-25-36-37(53(4,5)24-23-52(36,2)3)27-39(28)55-40-26-35-30-14-8-11-20-43(30)58-49(35)45-34-17-12-16-33-44-32-15-6-9-18-41(32)57-51(44)56(47(33)34)54(46(40)45)38-22-21-31-29-13-7-10-19-42(29)59-50(31)48(38)55/h6-22,25-27H,23-24H2,1-5H3. The molecule has 6 heteroatoms. The Morgan fingerprint density at radius 1 is 0.610 bits per heavy atom. The van der Waals surface area contributed by atoms with Crippen LogP contribution < -0.4 is 15.8 Å². The van der Waals surface area contributed by atoms with Gasteiger partial charge in [0.15, 0.2) is 5.71 Å². The number of nitrogens with zero attached hydrogens (tertiary/aromatic N) is 2. The molecule has 0 bridgehead atoms. The first-order valence-corrected chi connectivity index (χ1v) is 22.6. The van der Waals surface area contributed by atoms with Crippen molar-refractivity contribution < 1.29 is 4.42 Å². The van der Waals surface area contributed by atoms with Crippen LogP contribution in [0.3, 0.4) is 0 Å². The Hall–Kier alpha value is -5.82. The zero-order chi connectivity index (χ0) is 39.3. The predicted octanol–water partition coefficient (Wildman–Crippen LogP) is 14.4. The second kappa shape index (κ2) is 10.9. The topological polar surface area (TPSA) is 21.3 Å². The molecule has 0 saturated heterocycles. The van der Waals surface area contributed by atoms with E-state index in [2.05, 4.69) is 165 Å². The fourth-order valence-corrected chi connectivity index (χ4v) is 14.1. The van der Waals surface area contributed by atoms with E-state index in [1.54, 1.807) is 0 Å². The lowest BCUT2D eigenvalue weighted by Crippen LogP contribution is -2.56. The molecule has 0 N–H and O–H groups in total. The van der Waals surface area contributed by atoms with Crippen LogP contribution in [0.4, 0.5) is 17.1 Å². The normalized spacial score (nSPS) is 16.3. The molecule has 0 spiro atoms. The maximum absolute atomic E-state index is 7.04. The van der Waals surface area contributed by atoms with Crippen LogP contribution >= 0.6 is 22.7 Å². The Balaban J connectivity index is 1.22. The molecule has 0 radical (unpaired) electrons. The van der Waals surface area contributed by atoms with Gasteiger partial charge in [0.1, 0.15) is 5.58 Å². The number of thiophene rings is 2. The third-order valence-electron chi connectivity index (χ3n) is 14.6. The average molecular weight is 795 g/mol. The van der Waals surface area contributed by atoms with Crippen LogP contribution in [0.25, 0.3) is 84.4 Å². The van der Waals surface area contributed by atoms with E-state index in [4.69, 9.17) is 4.42 Å². The Kier molecular flexibility index (Phi) is 6.09. The highest BCUT2D eigenvalue weighted by molar-refractivity contribution is 7.27. The fourth-order valence-electron chi connectivity index (χ4n) is 11.6. The molecule has 11 aromatic rings. The van der Waals surface area contributed by atoms with E-state index in [0.29, 0.717) is 0 Å². The monoisotopic (exact) mass is 794 g/mol. The van der Waals surface area contributed by atoms with Gasteiger partial charge < -0.3 is 13.8 Å². The van der Waals surface area contributed by atoms with Crippen molar-refractivity contribution in [1.82, 2.24) is 4.48 Å². The summed E-state index contributed by atoms with van der Waals surface area (Å²) in [6.45, 7) is 12.1. The van der Waals surface area contributed by atoms with Crippen molar-refractivity contribution in [3.05, 3.63) is 138 Å². The maximum Gasteiger partial charge on any atom is 0.336 e. The highest BCUT2D eigenvalue weighted by atomic mass is 32.1. The molecule has 7 aromatic carbocycles. The number of anilines is 3. The van der Waals surface area contributed by atoms with Crippen molar-refractivity contribution >= 4 is 131 Å². The number of hydrogen-bond acceptors (Lipinski definition) is 4. The van der Waals surface area contributed by atoms with Crippen LogP contribution in [0.5, 0.6) is 0 Å². The first-order chi connectivity index (χ1) is 28.7. The minimum Gasteiger partial charge on any atom is -0.441 e. The second-order valence-electron chi connectivity index (χ2n) is 18.7. The maximum atomic E-state index is 7.04. The molecule has 282 valence electrons. The summed E-state index contributed by atoms with van der Waals surface area (Å²) in [7, 11) is 0. The minimum absolute atomic E-state index is 0.0631. The Labute approximate surface area is 350 Å². The van der Waals surface area contributed by atoms with E-state index in [9.17, 15) is 0 Å². The van der Waals surface area contributed by atoms with Crippen LogP contribution in [0.2, 0.25) is 0 Å². The number of aryl methyl sites for hydroxylation is 1. The summed E-state index contributed by atoms with van der Waals surface area (Å²) in [6, 6.07) is 46.2. The summed E-state index contributed by atoms with van der Waals surface area (Å²) in [6.07, 6.45) is 2.36. The first-order valence-electron chi connectivity index (χ1n) is 21.0. The summed E-state index contributed by atoms with van der Waals surface area (Å²) >= 11 is 3.89. The minimum atomic E-state index is -0.0979. The zero-order valence-corrected chi connectivity index (χ0v) is 35.3. The molecule has 0 fully saturated rings. The molecular formula is C53H39BN2OS2. The van der Waals surface area contributed by atoms with E-state index in [1.807, 2.05) is 22.7 Å². The number of rotatable bonds is 1. The van der Waals surface area contributed by atoms with Crippen LogP contribution in [0.15, 0.2) is 126 Å². The van der Waals surface area contributed by atoms with Gasteiger partial charge in [-0.2, -0.15) is 0 Å². The van der Waals surface area contributed by atoms with E-state index in [1.165, 1.54) is 131 Å². The van der Waals surface area contributed by atoms with E-state index in [0.717, 1.165) is 11.3 Å². The Morgan fingerprint density at radius 3 is 2.05 bits per heavy atom. The van der Waals surface area contributed by atoms with Gasteiger partial charge in [-0.25, -0.2) is 0 Å². The highest BCUT2D eigenvalue weighted by Gasteiger charge is 2.47. The number of benzene rings is 7. The lowest BCUT2D eigenvalue weighted by molar-refractivity contribution is 0.332. The summed E-state index contributed by atoms with van der Waals surface area (Å²) in [4.78, 5) is 2.71. The Morgan fingerprint density at radius 2 is 1.27 bits per heavy atom. The number of aromatic nitrogens is 1. The molecule has 0 saturated carbocycles. The van der Waals surface area contributed by atoms with Gasteiger partial charge >= 0.3 is 6.85 Å². The summed E-state index contributed by atoms with van der Waals surface area (Å²) in [5.74, 6) is 0. The molecule has 59 heavy (non-hydrogen) atoms. The molecule has 0 unspecified atom stereocenters. The Bertz CT molecular complexity index is 3720. The first kappa shape index (κ1) is 33.1. The van der Waals surface area contributed by atoms with Gasteiger partial charge in [0.05, 0.1) is 15.8 Å². The van der Waals surface area contributed by atoms with Gasteiger partial charge in [-0.3, -0.25) is 0 Å². The van der Waals surface area contributed by atoms with Gasteiger partial charge in [0, 0.05) is 74.4 Å². The van der Waals surface area contributed by atoms with Crippen molar-refractivity contribution in [3.63, 3.8) is 0 Å². The molecule has 0 amide bonds. The average Bonchev–Trinajstić information content (AvgIpc) is 4.00. The van der Waals surface area contributed by atoms with Crippen molar-refractivity contribution in [1.29, 1.82) is 0 Å². The molecule has 1 aliphatic carbocycles. The van der Waals surface area contributed by atoms with Gasteiger partial charge in [0.2, 0.25) is 0 Å². The van der Waals surface area contributed by atoms with Crippen molar-refractivity contribution in [3.8, 4) is 11.1 Å². The summed E-state index contributed by atoms with van der Waals surface area (Å²) in [5.41, 5.74) is 16.9. The summed E-state index contributed by atoms with van der Waals surface area (Å²) in [5, 5.41) is 8.94. The van der Waals surface area contributed by atoms with Gasteiger partial charge in [0.25, 0.3) is 0 Å². The van der Waals surface area contributed by atoms with E-state index >= 15 is 0 Å². The number of para-hydroxylation sites is 2. The van der Waals surface area contributed by atoms with Gasteiger partial charge in [-0.1, -0.05) is 119 Å². The SMILES string of the molecule is Cc1cc2c(cc1N1c3cc4c(sc5ccccc54)c4c3B(c3ccc5c(sc6ccccc65)c31)n1c3oc5ccccc5c3c3cccc-4c31)C(C)(C)CCC2(C)C. The van der Waals surface area contributed by atoms with Crippen LogP contribution in [-0.2, 0) is 10.8 Å². The molecule has 6 heterocycles. The van der Waals surface area contributed by atoms with E-state index < -0.39 is 0 Å². The third-order valence-corrected chi connectivity index (χ3v) is 16.9. The second-order valence-corrected chi connectivity index (χ2v) is 20.8. The molecule has 4 aromatic heterocycles. The van der Waals surface area contributed by atoms with Gasteiger partial charge in [-0.15, -0.1) is 22.7 Å². The lowest BCUT2D eigenvalue weighted by atomic mass is 9.45. The molecular weight excluding hydrogens is 756 g/mol. The molecule has 3 aliphatic rings. The molecule has 14 rings (SSSR count). The molecule has 2 aliphatic heterocycles. The third kappa shape index (κ3) is 4.00. The van der Waals surface area contributed by atoms with Crippen molar-refractivity contribution in [2.45, 2.75) is 58.3 Å². The lowest BCUT2D eigenvalue weighted by Gasteiger charge is -2.44. The van der Waals surface area contributed by atoms with Crippen LogP contribution in [-0.4, -0.2) is 11.3 Å². The molecule has 0 atom stereocenters. The van der Waals surface area contributed by atoms with Crippen molar-refractivity contribution in [2.24, 2.45) is 0 Å². The van der Waals surface area contributed by atoms with Crippen LogP contribution in [0, 0.1) is 6.92 Å². The largest absolute Gasteiger partial charge is 0.441 e. The highest BCUT2D eigenvalue weighted by Crippen LogP contribution is 2.55. The number of hydrogen-bond donors (Lipinski definition) is 0. The number of fused-ring (bicyclic) bond motifs is 18. The molecule has 3 nitrogen and oxygen atoms in total. The van der Waals surface area contributed by atoms with Crippen LogP contribution in [0.1, 0.15) is 57.2 Å². The quantitative estimate of drug-likeness (QED) is 0.154. The van der Waals surface area contributed by atoms with Crippen molar-refractivity contribution in [2.75, 3.05) is 4.90 Å². The fraction of sp³-hybridized carbons (Fsp3) is 0.170. The smallest absolute Gasteiger partial charge is 0.336 e. The predicted molar refractivity (Wildman–Crippen MR) is 256 cm³/mol. The summed E-state index contributed by atoms with van der Waals surface area (Å²) < 4.78 is 15.0. The number of furan rings is 1. The van der Waals surface area contributed by atoms with Gasteiger partial charge in [-0.05, 0) is 88.5 Å². The zero-order valence-electron chi connectivity index (χ0n) is 33.7. The van der Waals surface area contributed by atoms with E-state index in [-0.39, 0.29) is 17.7 Å².